The van der Waals surface area contributed by atoms with E-state index in [-0.39, 0.29) is 5.78 Å². The zero-order valence-corrected chi connectivity index (χ0v) is 12.1. The SMILES string of the molecule is CC(=O)Cc1ccc(OCCOCCC(C)C)cc1. The summed E-state index contributed by atoms with van der Waals surface area (Å²) in [6.45, 7) is 7.93. The van der Waals surface area contributed by atoms with Crippen LogP contribution in [0, 0.1) is 5.92 Å². The van der Waals surface area contributed by atoms with Crippen molar-refractivity contribution in [1.29, 1.82) is 0 Å². The Hall–Kier alpha value is -1.35. The summed E-state index contributed by atoms with van der Waals surface area (Å²) >= 11 is 0. The summed E-state index contributed by atoms with van der Waals surface area (Å²) in [6.07, 6.45) is 1.57. The Kier molecular flexibility index (Phi) is 7.19. The molecule has 0 heterocycles. The Morgan fingerprint density at radius 1 is 1.11 bits per heavy atom. The van der Waals surface area contributed by atoms with Crippen LogP contribution in [0.4, 0.5) is 0 Å². The van der Waals surface area contributed by atoms with Crippen molar-refractivity contribution in [2.45, 2.75) is 33.6 Å². The second-order valence-corrected chi connectivity index (χ2v) is 5.17. The van der Waals surface area contributed by atoms with Crippen molar-refractivity contribution >= 4 is 5.78 Å². The monoisotopic (exact) mass is 264 g/mol. The van der Waals surface area contributed by atoms with Crippen molar-refractivity contribution in [2.24, 2.45) is 5.92 Å². The molecule has 0 saturated heterocycles. The van der Waals surface area contributed by atoms with Crippen LogP contribution in [0.3, 0.4) is 0 Å². The van der Waals surface area contributed by atoms with Gasteiger partial charge in [-0.1, -0.05) is 26.0 Å². The van der Waals surface area contributed by atoms with Gasteiger partial charge in [-0.15, -0.1) is 0 Å². The lowest BCUT2D eigenvalue weighted by Gasteiger charge is -2.08. The minimum absolute atomic E-state index is 0.173. The highest BCUT2D eigenvalue weighted by molar-refractivity contribution is 5.78. The van der Waals surface area contributed by atoms with Gasteiger partial charge in [0, 0.05) is 13.0 Å². The molecular weight excluding hydrogens is 240 g/mol. The molecule has 0 N–H and O–H groups in total. The van der Waals surface area contributed by atoms with E-state index in [0.29, 0.717) is 25.6 Å². The van der Waals surface area contributed by atoms with E-state index in [1.807, 2.05) is 24.3 Å². The van der Waals surface area contributed by atoms with E-state index in [9.17, 15) is 4.79 Å². The third kappa shape index (κ3) is 7.62. The fourth-order valence-electron chi connectivity index (χ4n) is 1.63. The lowest BCUT2D eigenvalue weighted by Crippen LogP contribution is -2.08. The summed E-state index contributed by atoms with van der Waals surface area (Å²) in [5.41, 5.74) is 1.02. The van der Waals surface area contributed by atoms with E-state index in [0.717, 1.165) is 24.3 Å². The molecule has 0 unspecified atom stereocenters. The van der Waals surface area contributed by atoms with E-state index in [1.54, 1.807) is 6.92 Å². The Morgan fingerprint density at radius 2 is 1.79 bits per heavy atom. The van der Waals surface area contributed by atoms with E-state index in [4.69, 9.17) is 9.47 Å². The van der Waals surface area contributed by atoms with Crippen LogP contribution < -0.4 is 4.74 Å². The molecular formula is C16H24O3. The van der Waals surface area contributed by atoms with Crippen LogP contribution in [0.15, 0.2) is 24.3 Å². The molecule has 0 radical (unpaired) electrons. The Morgan fingerprint density at radius 3 is 2.37 bits per heavy atom. The molecule has 0 atom stereocenters. The second kappa shape index (κ2) is 8.70. The molecule has 3 nitrogen and oxygen atoms in total. The summed E-state index contributed by atoms with van der Waals surface area (Å²) in [6, 6.07) is 7.64. The van der Waals surface area contributed by atoms with Crippen LogP contribution in [-0.4, -0.2) is 25.6 Å². The number of carbonyl (C=O) groups excluding carboxylic acids is 1. The lowest BCUT2D eigenvalue weighted by molar-refractivity contribution is -0.116. The fraction of sp³-hybridized carbons (Fsp3) is 0.562. The third-order valence-electron chi connectivity index (χ3n) is 2.71. The van der Waals surface area contributed by atoms with Crippen molar-refractivity contribution < 1.29 is 14.3 Å². The van der Waals surface area contributed by atoms with Gasteiger partial charge in [-0.2, -0.15) is 0 Å². The lowest BCUT2D eigenvalue weighted by atomic mass is 10.1. The highest BCUT2D eigenvalue weighted by atomic mass is 16.5. The number of ketones is 1. The van der Waals surface area contributed by atoms with Gasteiger partial charge in [-0.05, 0) is 37.0 Å². The number of hydrogen-bond acceptors (Lipinski definition) is 3. The van der Waals surface area contributed by atoms with Crippen molar-refractivity contribution in [1.82, 2.24) is 0 Å². The highest BCUT2D eigenvalue weighted by Crippen LogP contribution is 2.12. The summed E-state index contributed by atoms with van der Waals surface area (Å²) < 4.78 is 11.0. The van der Waals surface area contributed by atoms with Crippen molar-refractivity contribution in [3.05, 3.63) is 29.8 Å². The minimum Gasteiger partial charge on any atom is -0.491 e. The second-order valence-electron chi connectivity index (χ2n) is 5.17. The maximum absolute atomic E-state index is 11.0. The Bertz CT molecular complexity index is 368. The molecule has 106 valence electrons. The Labute approximate surface area is 115 Å². The van der Waals surface area contributed by atoms with Crippen molar-refractivity contribution in [3.63, 3.8) is 0 Å². The fourth-order valence-corrected chi connectivity index (χ4v) is 1.63. The Balaban J connectivity index is 2.17. The average molecular weight is 264 g/mol. The van der Waals surface area contributed by atoms with Gasteiger partial charge < -0.3 is 9.47 Å². The minimum atomic E-state index is 0.173. The molecule has 0 aromatic heterocycles. The molecule has 0 saturated carbocycles. The standard InChI is InChI=1S/C16H24O3/c1-13(2)8-9-18-10-11-19-16-6-4-15(5-7-16)12-14(3)17/h4-7,13H,8-12H2,1-3H3. The molecule has 0 amide bonds. The van der Waals surface area contributed by atoms with Gasteiger partial charge in [0.05, 0.1) is 6.61 Å². The van der Waals surface area contributed by atoms with Gasteiger partial charge in [0.25, 0.3) is 0 Å². The number of carbonyl (C=O) groups is 1. The summed E-state index contributed by atoms with van der Waals surface area (Å²) in [7, 11) is 0. The molecule has 0 aliphatic heterocycles. The molecule has 1 aromatic carbocycles. The number of Topliss-reactive ketones (excluding diaryl/α,β-unsaturated/α-hetero) is 1. The van der Waals surface area contributed by atoms with Gasteiger partial charge in [-0.25, -0.2) is 0 Å². The first-order valence-corrected chi connectivity index (χ1v) is 6.87. The normalized spacial score (nSPS) is 10.7. The molecule has 0 bridgehead atoms. The van der Waals surface area contributed by atoms with Gasteiger partial charge in [0.2, 0.25) is 0 Å². The maximum Gasteiger partial charge on any atom is 0.134 e. The van der Waals surface area contributed by atoms with E-state index in [1.165, 1.54) is 0 Å². The summed E-state index contributed by atoms with van der Waals surface area (Å²) in [4.78, 5) is 11.0. The average Bonchev–Trinajstić information content (AvgIpc) is 2.34. The maximum atomic E-state index is 11.0. The molecule has 19 heavy (non-hydrogen) atoms. The topological polar surface area (TPSA) is 35.5 Å². The zero-order chi connectivity index (χ0) is 14.1. The molecule has 3 heteroatoms. The summed E-state index contributed by atoms with van der Waals surface area (Å²) in [5, 5.41) is 0. The van der Waals surface area contributed by atoms with Gasteiger partial charge in [-0.3, -0.25) is 4.79 Å². The van der Waals surface area contributed by atoms with Crippen LogP contribution in [-0.2, 0) is 16.0 Å². The first kappa shape index (κ1) is 15.7. The first-order chi connectivity index (χ1) is 9.08. The first-order valence-electron chi connectivity index (χ1n) is 6.87. The van der Waals surface area contributed by atoms with Gasteiger partial charge in [0.1, 0.15) is 18.1 Å². The number of rotatable bonds is 9. The molecule has 0 spiro atoms. The van der Waals surface area contributed by atoms with Gasteiger partial charge in [0.15, 0.2) is 0 Å². The zero-order valence-electron chi connectivity index (χ0n) is 12.1. The molecule has 1 aromatic rings. The predicted molar refractivity (Wildman–Crippen MR) is 76.6 cm³/mol. The van der Waals surface area contributed by atoms with Crippen LogP contribution in [0.2, 0.25) is 0 Å². The smallest absolute Gasteiger partial charge is 0.134 e. The highest BCUT2D eigenvalue weighted by Gasteiger charge is 1.99. The molecule has 0 fully saturated rings. The van der Waals surface area contributed by atoms with Crippen LogP contribution in [0.5, 0.6) is 5.75 Å². The van der Waals surface area contributed by atoms with Crippen LogP contribution in [0.25, 0.3) is 0 Å². The number of hydrogen-bond donors (Lipinski definition) is 0. The number of ether oxygens (including phenoxy) is 2. The van der Waals surface area contributed by atoms with E-state index in [2.05, 4.69) is 13.8 Å². The quantitative estimate of drug-likeness (QED) is 0.642. The summed E-state index contributed by atoms with van der Waals surface area (Å²) in [5.74, 6) is 1.67. The van der Waals surface area contributed by atoms with Crippen LogP contribution in [0.1, 0.15) is 32.8 Å². The number of benzene rings is 1. The largest absolute Gasteiger partial charge is 0.491 e. The van der Waals surface area contributed by atoms with Crippen LogP contribution >= 0.6 is 0 Å². The molecule has 0 aliphatic rings. The third-order valence-corrected chi connectivity index (χ3v) is 2.71. The van der Waals surface area contributed by atoms with Crippen molar-refractivity contribution in [2.75, 3.05) is 19.8 Å². The molecule has 0 aliphatic carbocycles. The van der Waals surface area contributed by atoms with E-state index >= 15 is 0 Å². The van der Waals surface area contributed by atoms with Gasteiger partial charge >= 0.3 is 0 Å². The van der Waals surface area contributed by atoms with E-state index < -0.39 is 0 Å². The molecule has 1 rings (SSSR count). The van der Waals surface area contributed by atoms with Crippen molar-refractivity contribution in [3.8, 4) is 5.75 Å². The predicted octanol–water partition coefficient (Wildman–Crippen LogP) is 3.26.